The Morgan fingerprint density at radius 1 is 0.792 bits per heavy atom. The van der Waals surface area contributed by atoms with Crippen molar-refractivity contribution in [3.05, 3.63) is 102 Å². The second kappa shape index (κ2) is 6.84. The second-order valence-electron chi connectivity index (χ2n) is 5.32. The van der Waals surface area contributed by atoms with E-state index in [-0.39, 0.29) is 0 Å². The summed E-state index contributed by atoms with van der Waals surface area (Å²) in [6, 6.07) is 12.7. The minimum absolute atomic E-state index is 0.618. The molecule has 0 fully saturated rings. The normalized spacial score (nSPS) is 12.8. The molecule has 1 unspecified atom stereocenters. The number of rotatable bonds is 5. The van der Waals surface area contributed by atoms with Crippen LogP contribution in [0.4, 0.5) is 13.2 Å². The predicted molar refractivity (Wildman–Crippen MR) is 86.0 cm³/mol. The molecule has 0 radical (unpaired) electrons. The summed E-state index contributed by atoms with van der Waals surface area (Å²) >= 11 is 0. The van der Waals surface area contributed by atoms with Crippen molar-refractivity contribution in [2.24, 2.45) is 0 Å². The van der Waals surface area contributed by atoms with Crippen LogP contribution in [0.25, 0.3) is 0 Å². The predicted octanol–water partition coefficient (Wildman–Crippen LogP) is 4.65. The van der Waals surface area contributed by atoms with Gasteiger partial charge in [-0.25, -0.2) is 9.71 Å². The van der Waals surface area contributed by atoms with Gasteiger partial charge in [0.1, 0.15) is 5.82 Å². The van der Waals surface area contributed by atoms with E-state index in [0.29, 0.717) is 11.1 Å². The van der Waals surface area contributed by atoms with Crippen LogP contribution in [-0.4, -0.2) is 4.98 Å². The Morgan fingerprint density at radius 2 is 1.38 bits per heavy atom. The van der Waals surface area contributed by atoms with Crippen molar-refractivity contribution in [2.45, 2.75) is 12.1 Å². The van der Waals surface area contributed by atoms with Crippen LogP contribution < -0.4 is 5.32 Å². The van der Waals surface area contributed by atoms with Crippen molar-refractivity contribution in [1.82, 2.24) is 10.3 Å². The minimum atomic E-state index is -3.53. The molecular formula is C19H15F3N2. The highest BCUT2D eigenvalue weighted by atomic mass is 19.3. The molecule has 0 aliphatic carbocycles. The fraction of sp³-hybridized carbons (Fsp3) is 0.105. The van der Waals surface area contributed by atoms with Crippen LogP contribution >= 0.6 is 0 Å². The van der Waals surface area contributed by atoms with E-state index in [1.54, 1.807) is 36.4 Å². The van der Waals surface area contributed by atoms with Gasteiger partial charge in [0.05, 0.1) is 11.6 Å². The standard InChI is InChI=1S/C19H15F3N2/c20-17-9-5-4-8-16(17)19(21,22)24-18(14-6-2-1-3-7-14)15-10-12-23-13-11-15/h1-13,18,24H. The fourth-order valence-electron chi connectivity index (χ4n) is 2.54. The highest BCUT2D eigenvalue weighted by molar-refractivity contribution is 5.32. The minimum Gasteiger partial charge on any atom is -0.265 e. The maximum Gasteiger partial charge on any atom is 0.332 e. The van der Waals surface area contributed by atoms with Gasteiger partial charge in [-0.15, -0.1) is 0 Å². The van der Waals surface area contributed by atoms with Gasteiger partial charge < -0.3 is 0 Å². The van der Waals surface area contributed by atoms with Gasteiger partial charge in [-0.2, -0.15) is 8.78 Å². The number of alkyl halides is 2. The number of pyridine rings is 1. The van der Waals surface area contributed by atoms with Crippen molar-refractivity contribution in [1.29, 1.82) is 0 Å². The molecule has 2 nitrogen and oxygen atoms in total. The van der Waals surface area contributed by atoms with Gasteiger partial charge in [0.2, 0.25) is 0 Å². The number of benzene rings is 2. The number of aromatic nitrogens is 1. The Hall–Kier alpha value is -2.66. The van der Waals surface area contributed by atoms with E-state index in [2.05, 4.69) is 10.3 Å². The topological polar surface area (TPSA) is 24.9 Å². The van der Waals surface area contributed by atoms with E-state index < -0.39 is 23.5 Å². The zero-order valence-corrected chi connectivity index (χ0v) is 12.7. The van der Waals surface area contributed by atoms with Crippen molar-refractivity contribution in [3.8, 4) is 0 Å². The monoisotopic (exact) mass is 328 g/mol. The molecule has 3 aromatic rings. The van der Waals surface area contributed by atoms with Crippen LogP contribution in [0.3, 0.4) is 0 Å². The van der Waals surface area contributed by atoms with Gasteiger partial charge in [0, 0.05) is 12.4 Å². The molecule has 0 saturated heterocycles. The molecule has 24 heavy (non-hydrogen) atoms. The summed E-state index contributed by atoms with van der Waals surface area (Å²) < 4.78 is 43.2. The van der Waals surface area contributed by atoms with Gasteiger partial charge in [0.15, 0.2) is 0 Å². The first-order valence-electron chi connectivity index (χ1n) is 7.43. The summed E-state index contributed by atoms with van der Waals surface area (Å²) in [5, 5.41) is 2.28. The Labute approximate surface area is 138 Å². The van der Waals surface area contributed by atoms with E-state index in [4.69, 9.17) is 0 Å². The first kappa shape index (κ1) is 16.2. The van der Waals surface area contributed by atoms with Gasteiger partial charge in [-0.05, 0) is 35.4 Å². The van der Waals surface area contributed by atoms with Gasteiger partial charge in [0.25, 0.3) is 0 Å². The average Bonchev–Trinajstić information content (AvgIpc) is 2.61. The van der Waals surface area contributed by atoms with Crippen LogP contribution in [0.2, 0.25) is 0 Å². The van der Waals surface area contributed by atoms with E-state index >= 15 is 0 Å². The lowest BCUT2D eigenvalue weighted by molar-refractivity contribution is -0.0517. The number of hydrogen-bond acceptors (Lipinski definition) is 2. The molecule has 0 amide bonds. The number of hydrogen-bond donors (Lipinski definition) is 1. The first-order chi connectivity index (χ1) is 11.6. The smallest absolute Gasteiger partial charge is 0.265 e. The summed E-state index contributed by atoms with van der Waals surface area (Å²) in [5.74, 6) is -0.948. The molecule has 0 aliphatic rings. The van der Waals surface area contributed by atoms with E-state index in [1.165, 1.54) is 24.5 Å². The van der Waals surface area contributed by atoms with Crippen LogP contribution in [0.5, 0.6) is 0 Å². The molecule has 3 rings (SSSR count). The lowest BCUT2D eigenvalue weighted by Crippen LogP contribution is -2.38. The lowest BCUT2D eigenvalue weighted by Gasteiger charge is -2.26. The Bertz CT molecular complexity index is 752. The Balaban J connectivity index is 2.00. The molecule has 1 aromatic heterocycles. The number of nitrogens with zero attached hydrogens (tertiary/aromatic N) is 1. The third-order valence-corrected chi connectivity index (χ3v) is 3.71. The molecule has 1 N–H and O–H groups in total. The van der Waals surface area contributed by atoms with Crippen molar-refractivity contribution in [3.63, 3.8) is 0 Å². The van der Waals surface area contributed by atoms with E-state index in [0.717, 1.165) is 12.1 Å². The zero-order chi connectivity index (χ0) is 17.0. The maximum atomic E-state index is 14.7. The first-order valence-corrected chi connectivity index (χ1v) is 7.43. The van der Waals surface area contributed by atoms with E-state index in [1.807, 2.05) is 6.07 Å². The summed E-state index contributed by atoms with van der Waals surface area (Å²) in [4.78, 5) is 3.91. The van der Waals surface area contributed by atoms with Crippen LogP contribution in [0, 0.1) is 5.82 Å². The third kappa shape index (κ3) is 3.46. The van der Waals surface area contributed by atoms with Crippen LogP contribution in [0.1, 0.15) is 22.7 Å². The lowest BCUT2D eigenvalue weighted by atomic mass is 9.99. The Morgan fingerprint density at radius 3 is 2.04 bits per heavy atom. The fourth-order valence-corrected chi connectivity index (χ4v) is 2.54. The summed E-state index contributed by atoms with van der Waals surface area (Å²) in [6.07, 6.45) is 3.07. The highest BCUT2D eigenvalue weighted by Gasteiger charge is 2.37. The second-order valence-corrected chi connectivity index (χ2v) is 5.32. The van der Waals surface area contributed by atoms with Gasteiger partial charge >= 0.3 is 6.05 Å². The van der Waals surface area contributed by atoms with Crippen molar-refractivity contribution >= 4 is 0 Å². The maximum absolute atomic E-state index is 14.7. The molecule has 5 heteroatoms. The van der Waals surface area contributed by atoms with Gasteiger partial charge in [-0.1, -0.05) is 42.5 Å². The molecule has 0 spiro atoms. The largest absolute Gasteiger partial charge is 0.332 e. The number of halogens is 3. The Kier molecular flexibility index (Phi) is 4.62. The molecular weight excluding hydrogens is 313 g/mol. The van der Waals surface area contributed by atoms with Crippen molar-refractivity contribution in [2.75, 3.05) is 0 Å². The molecule has 0 aliphatic heterocycles. The highest BCUT2D eigenvalue weighted by Crippen LogP contribution is 2.33. The molecule has 2 aromatic carbocycles. The van der Waals surface area contributed by atoms with Crippen molar-refractivity contribution < 1.29 is 13.2 Å². The third-order valence-electron chi connectivity index (χ3n) is 3.71. The SMILES string of the molecule is Fc1ccccc1C(F)(F)NC(c1ccccc1)c1ccncc1. The van der Waals surface area contributed by atoms with Gasteiger partial charge in [-0.3, -0.25) is 4.98 Å². The number of nitrogens with one attached hydrogen (secondary N) is 1. The zero-order valence-electron chi connectivity index (χ0n) is 12.7. The van der Waals surface area contributed by atoms with E-state index in [9.17, 15) is 13.2 Å². The van der Waals surface area contributed by atoms with Crippen LogP contribution in [0.15, 0.2) is 79.1 Å². The molecule has 1 heterocycles. The summed E-state index contributed by atoms with van der Waals surface area (Å²) in [7, 11) is 0. The average molecular weight is 328 g/mol. The quantitative estimate of drug-likeness (QED) is 0.690. The molecule has 0 bridgehead atoms. The summed E-state index contributed by atoms with van der Waals surface area (Å²) in [5.41, 5.74) is 0.590. The molecule has 1 atom stereocenters. The van der Waals surface area contributed by atoms with Crippen LogP contribution in [-0.2, 0) is 6.05 Å². The summed E-state index contributed by atoms with van der Waals surface area (Å²) in [6.45, 7) is 0. The molecule has 0 saturated carbocycles. The molecule has 122 valence electrons.